The molecule has 0 bridgehead atoms. The number of unbranched alkanes of at least 4 members (excludes halogenated alkanes) is 5. The van der Waals surface area contributed by atoms with E-state index in [9.17, 15) is 0 Å². The van der Waals surface area contributed by atoms with Gasteiger partial charge in [-0.25, -0.2) is 0 Å². The highest BCUT2D eigenvalue weighted by Gasteiger charge is 2.06. The standard InChI is InChI=1S/C13H23N3/c1-2-3-4-5-6-7-8-12(14)13-11-15-9-10-16-13/h9-12H,2-8,14H2,1H3. The summed E-state index contributed by atoms with van der Waals surface area (Å²) in [5.74, 6) is 0. The van der Waals surface area contributed by atoms with Crippen LogP contribution < -0.4 is 5.73 Å². The van der Waals surface area contributed by atoms with Crippen LogP contribution in [0.25, 0.3) is 0 Å². The van der Waals surface area contributed by atoms with Gasteiger partial charge in [0.1, 0.15) is 0 Å². The van der Waals surface area contributed by atoms with E-state index in [4.69, 9.17) is 5.73 Å². The molecule has 16 heavy (non-hydrogen) atoms. The third-order valence-electron chi connectivity index (χ3n) is 2.83. The van der Waals surface area contributed by atoms with Gasteiger partial charge < -0.3 is 5.73 Å². The van der Waals surface area contributed by atoms with Crippen molar-refractivity contribution in [2.75, 3.05) is 0 Å². The normalized spacial score (nSPS) is 12.6. The summed E-state index contributed by atoms with van der Waals surface area (Å²) in [4.78, 5) is 8.25. The SMILES string of the molecule is CCCCCCCCC(N)c1cnccn1. The topological polar surface area (TPSA) is 51.8 Å². The zero-order valence-corrected chi connectivity index (χ0v) is 10.2. The average Bonchev–Trinajstić information content (AvgIpc) is 2.34. The van der Waals surface area contributed by atoms with Gasteiger partial charge in [0.25, 0.3) is 0 Å². The van der Waals surface area contributed by atoms with Crippen molar-refractivity contribution >= 4 is 0 Å². The van der Waals surface area contributed by atoms with E-state index in [1.165, 1.54) is 38.5 Å². The van der Waals surface area contributed by atoms with Crippen molar-refractivity contribution in [3.05, 3.63) is 24.3 Å². The summed E-state index contributed by atoms with van der Waals surface area (Å²) in [5.41, 5.74) is 6.95. The van der Waals surface area contributed by atoms with E-state index in [0.717, 1.165) is 12.1 Å². The molecule has 1 rings (SSSR count). The van der Waals surface area contributed by atoms with Gasteiger partial charge in [-0.05, 0) is 6.42 Å². The lowest BCUT2D eigenvalue weighted by atomic mass is 10.0. The molecule has 1 aromatic heterocycles. The van der Waals surface area contributed by atoms with Crippen molar-refractivity contribution in [3.63, 3.8) is 0 Å². The van der Waals surface area contributed by atoms with E-state index in [1.54, 1.807) is 18.6 Å². The van der Waals surface area contributed by atoms with Crippen LogP contribution in [0.2, 0.25) is 0 Å². The largest absolute Gasteiger partial charge is 0.323 e. The third-order valence-corrected chi connectivity index (χ3v) is 2.83. The molecular formula is C13H23N3. The molecule has 1 aromatic rings. The van der Waals surface area contributed by atoms with Gasteiger partial charge in [-0.1, -0.05) is 45.4 Å². The van der Waals surface area contributed by atoms with E-state index in [0.29, 0.717) is 0 Å². The van der Waals surface area contributed by atoms with Crippen LogP contribution in [-0.2, 0) is 0 Å². The Morgan fingerprint density at radius 2 is 1.88 bits per heavy atom. The summed E-state index contributed by atoms with van der Waals surface area (Å²) >= 11 is 0. The zero-order valence-electron chi connectivity index (χ0n) is 10.2. The van der Waals surface area contributed by atoms with E-state index in [2.05, 4.69) is 16.9 Å². The lowest BCUT2D eigenvalue weighted by molar-refractivity contribution is 0.540. The van der Waals surface area contributed by atoms with Crippen LogP contribution in [0.5, 0.6) is 0 Å². The lowest BCUT2D eigenvalue weighted by Gasteiger charge is -2.09. The zero-order chi connectivity index (χ0) is 11.6. The van der Waals surface area contributed by atoms with Crippen molar-refractivity contribution < 1.29 is 0 Å². The third kappa shape index (κ3) is 5.21. The van der Waals surface area contributed by atoms with Gasteiger partial charge >= 0.3 is 0 Å². The molecule has 1 unspecified atom stereocenters. The highest BCUT2D eigenvalue weighted by atomic mass is 14.8. The van der Waals surface area contributed by atoms with Crippen LogP contribution in [0.15, 0.2) is 18.6 Å². The Bertz CT molecular complexity index is 261. The predicted molar refractivity (Wildman–Crippen MR) is 67.0 cm³/mol. The molecule has 0 aliphatic carbocycles. The fourth-order valence-electron chi connectivity index (χ4n) is 1.79. The number of nitrogens with two attached hydrogens (primary N) is 1. The van der Waals surface area contributed by atoms with Crippen LogP contribution in [0.1, 0.15) is 63.6 Å². The summed E-state index contributed by atoms with van der Waals surface area (Å²) < 4.78 is 0. The molecule has 0 aliphatic heterocycles. The van der Waals surface area contributed by atoms with Gasteiger partial charge in [0.05, 0.1) is 5.69 Å². The van der Waals surface area contributed by atoms with E-state index in [-0.39, 0.29) is 6.04 Å². The number of hydrogen-bond donors (Lipinski definition) is 1. The second-order valence-corrected chi connectivity index (χ2v) is 4.29. The Morgan fingerprint density at radius 3 is 2.56 bits per heavy atom. The predicted octanol–water partition coefficient (Wildman–Crippen LogP) is 3.23. The monoisotopic (exact) mass is 221 g/mol. The molecule has 3 heteroatoms. The van der Waals surface area contributed by atoms with Crippen LogP contribution in [0.4, 0.5) is 0 Å². The van der Waals surface area contributed by atoms with Crippen molar-refractivity contribution in [2.24, 2.45) is 5.73 Å². The molecule has 0 aromatic carbocycles. The van der Waals surface area contributed by atoms with Gasteiger partial charge in [-0.2, -0.15) is 0 Å². The maximum atomic E-state index is 6.03. The van der Waals surface area contributed by atoms with E-state index in [1.807, 2.05) is 0 Å². The Hall–Kier alpha value is -0.960. The number of hydrogen-bond acceptors (Lipinski definition) is 3. The minimum absolute atomic E-state index is 0.0554. The minimum Gasteiger partial charge on any atom is -0.323 e. The van der Waals surface area contributed by atoms with Crippen LogP contribution in [-0.4, -0.2) is 9.97 Å². The van der Waals surface area contributed by atoms with Crippen molar-refractivity contribution in [1.82, 2.24) is 9.97 Å². The second-order valence-electron chi connectivity index (χ2n) is 4.29. The molecule has 0 fully saturated rings. The Kier molecular flexibility index (Phi) is 6.74. The molecule has 0 aliphatic rings. The molecule has 2 N–H and O–H groups in total. The summed E-state index contributed by atoms with van der Waals surface area (Å²) in [6.07, 6.45) is 14.0. The maximum Gasteiger partial charge on any atom is 0.0753 e. The molecule has 3 nitrogen and oxygen atoms in total. The second kappa shape index (κ2) is 8.22. The van der Waals surface area contributed by atoms with E-state index >= 15 is 0 Å². The maximum absolute atomic E-state index is 6.03. The molecule has 0 saturated carbocycles. The first kappa shape index (κ1) is 13.1. The van der Waals surface area contributed by atoms with E-state index < -0.39 is 0 Å². The summed E-state index contributed by atoms with van der Waals surface area (Å²) in [6, 6.07) is 0.0554. The smallest absolute Gasteiger partial charge is 0.0753 e. The molecule has 0 spiro atoms. The van der Waals surface area contributed by atoms with Crippen molar-refractivity contribution in [3.8, 4) is 0 Å². The first-order chi connectivity index (χ1) is 7.84. The first-order valence-electron chi connectivity index (χ1n) is 6.36. The number of rotatable bonds is 8. The fourth-order valence-corrected chi connectivity index (χ4v) is 1.79. The van der Waals surface area contributed by atoms with Crippen LogP contribution >= 0.6 is 0 Å². The molecule has 1 heterocycles. The highest BCUT2D eigenvalue weighted by molar-refractivity contribution is 5.00. The molecular weight excluding hydrogens is 198 g/mol. The first-order valence-corrected chi connectivity index (χ1v) is 6.36. The highest BCUT2D eigenvalue weighted by Crippen LogP contribution is 2.15. The molecule has 1 atom stereocenters. The van der Waals surface area contributed by atoms with Crippen molar-refractivity contribution in [2.45, 2.75) is 57.9 Å². The fraction of sp³-hybridized carbons (Fsp3) is 0.692. The van der Waals surface area contributed by atoms with Crippen LogP contribution in [0.3, 0.4) is 0 Å². The van der Waals surface area contributed by atoms with Gasteiger partial charge in [0.2, 0.25) is 0 Å². The number of aromatic nitrogens is 2. The minimum atomic E-state index is 0.0554. The van der Waals surface area contributed by atoms with Gasteiger partial charge in [0.15, 0.2) is 0 Å². The average molecular weight is 221 g/mol. The summed E-state index contributed by atoms with van der Waals surface area (Å²) in [6.45, 7) is 2.24. The lowest BCUT2D eigenvalue weighted by Crippen LogP contribution is -2.12. The van der Waals surface area contributed by atoms with Gasteiger partial charge in [0, 0.05) is 24.6 Å². The molecule has 0 radical (unpaired) electrons. The molecule has 0 amide bonds. The Balaban J connectivity index is 2.09. The Labute approximate surface area is 98.5 Å². The summed E-state index contributed by atoms with van der Waals surface area (Å²) in [5, 5.41) is 0. The van der Waals surface area contributed by atoms with Gasteiger partial charge in [-0.15, -0.1) is 0 Å². The van der Waals surface area contributed by atoms with Crippen LogP contribution in [0, 0.1) is 0 Å². The Morgan fingerprint density at radius 1 is 1.12 bits per heavy atom. The molecule has 0 saturated heterocycles. The van der Waals surface area contributed by atoms with Gasteiger partial charge in [-0.3, -0.25) is 9.97 Å². The molecule has 90 valence electrons. The number of nitrogens with zero attached hydrogens (tertiary/aromatic N) is 2. The summed E-state index contributed by atoms with van der Waals surface area (Å²) in [7, 11) is 0. The van der Waals surface area contributed by atoms with Crippen molar-refractivity contribution in [1.29, 1.82) is 0 Å². The quantitative estimate of drug-likeness (QED) is 0.686.